The van der Waals surface area contributed by atoms with Crippen molar-refractivity contribution in [2.24, 2.45) is 0 Å². The van der Waals surface area contributed by atoms with Crippen LogP contribution in [0.25, 0.3) is 0 Å². The van der Waals surface area contributed by atoms with Gasteiger partial charge >= 0.3 is 0 Å². The molecule has 1 unspecified atom stereocenters. The van der Waals surface area contributed by atoms with E-state index in [-0.39, 0.29) is 0 Å². The number of hydrogen-bond acceptors (Lipinski definition) is 4. The largest absolute Gasteiger partial charge is 0.457 e. The zero-order valence-electron chi connectivity index (χ0n) is 11.6. The molecule has 1 aliphatic rings. The van der Waals surface area contributed by atoms with Gasteiger partial charge in [-0.3, -0.25) is 0 Å². The van der Waals surface area contributed by atoms with Crippen LogP contribution < -0.4 is 0 Å². The molecule has 0 saturated carbocycles. The summed E-state index contributed by atoms with van der Waals surface area (Å²) in [7, 11) is 0. The van der Waals surface area contributed by atoms with Crippen molar-refractivity contribution in [3.8, 4) is 0 Å². The van der Waals surface area contributed by atoms with Crippen LogP contribution in [0.3, 0.4) is 0 Å². The van der Waals surface area contributed by atoms with E-state index in [0.29, 0.717) is 24.7 Å². The fourth-order valence-electron chi connectivity index (χ4n) is 2.45. The van der Waals surface area contributed by atoms with Crippen LogP contribution >= 0.6 is 0 Å². The molecular weight excluding hydrogens is 256 g/mol. The zero-order valence-corrected chi connectivity index (χ0v) is 11.6. The minimum Gasteiger partial charge on any atom is -0.457 e. The van der Waals surface area contributed by atoms with Gasteiger partial charge in [-0.05, 0) is 37.1 Å². The zero-order chi connectivity index (χ0) is 14.2. The Labute approximate surface area is 117 Å². The summed E-state index contributed by atoms with van der Waals surface area (Å²) in [4.78, 5) is 0. The predicted octanol–water partition coefficient (Wildman–Crippen LogP) is 2.89. The molecule has 0 amide bonds. The number of aliphatic hydroxyl groups excluding tert-OH is 1. The quantitative estimate of drug-likeness (QED) is 0.935. The number of benzene rings is 1. The van der Waals surface area contributed by atoms with E-state index in [1.54, 1.807) is 12.1 Å². The van der Waals surface area contributed by atoms with Crippen LogP contribution in [0.15, 0.2) is 40.8 Å². The molecule has 1 aliphatic heterocycles. The van der Waals surface area contributed by atoms with Crippen molar-refractivity contribution >= 4 is 0 Å². The molecule has 1 N–H and O–H groups in total. The summed E-state index contributed by atoms with van der Waals surface area (Å²) in [5, 5.41) is 10.4. The van der Waals surface area contributed by atoms with E-state index < -0.39 is 11.9 Å². The second kappa shape index (κ2) is 5.05. The van der Waals surface area contributed by atoms with E-state index in [4.69, 9.17) is 13.9 Å². The summed E-state index contributed by atoms with van der Waals surface area (Å²) in [6, 6.07) is 11.3. The first kappa shape index (κ1) is 13.4. The highest BCUT2D eigenvalue weighted by atomic mass is 16.7. The molecule has 0 bridgehead atoms. The Kier molecular flexibility index (Phi) is 3.38. The average Bonchev–Trinajstić information content (AvgIpc) is 3.08. The number of aliphatic hydroxyl groups is 1. The predicted molar refractivity (Wildman–Crippen MR) is 73.2 cm³/mol. The van der Waals surface area contributed by atoms with Crippen molar-refractivity contribution < 1.29 is 19.0 Å². The van der Waals surface area contributed by atoms with Crippen LogP contribution in [0.2, 0.25) is 0 Å². The summed E-state index contributed by atoms with van der Waals surface area (Å²) >= 11 is 0. The van der Waals surface area contributed by atoms with Gasteiger partial charge in [-0.2, -0.15) is 0 Å². The summed E-state index contributed by atoms with van der Waals surface area (Å²) in [6.07, 6.45) is -0.782. The van der Waals surface area contributed by atoms with Crippen molar-refractivity contribution in [3.05, 3.63) is 59.0 Å². The highest BCUT2D eigenvalue weighted by molar-refractivity contribution is 5.32. The van der Waals surface area contributed by atoms with Gasteiger partial charge in [-0.1, -0.05) is 24.3 Å². The first-order chi connectivity index (χ1) is 9.60. The van der Waals surface area contributed by atoms with Crippen LogP contribution in [0.1, 0.15) is 35.7 Å². The number of rotatable bonds is 3. The lowest BCUT2D eigenvalue weighted by atomic mass is 10.0. The summed E-state index contributed by atoms with van der Waals surface area (Å²) < 4.78 is 16.8. The molecule has 0 spiro atoms. The average molecular weight is 274 g/mol. The number of furan rings is 1. The Hall–Kier alpha value is -1.62. The first-order valence-electron chi connectivity index (χ1n) is 6.72. The fourth-order valence-corrected chi connectivity index (χ4v) is 2.45. The number of ether oxygens (including phenoxy) is 2. The third-order valence-corrected chi connectivity index (χ3v) is 3.67. The third-order valence-electron chi connectivity index (χ3n) is 3.67. The van der Waals surface area contributed by atoms with Gasteiger partial charge in [0.05, 0.1) is 13.2 Å². The second-order valence-electron chi connectivity index (χ2n) is 5.10. The van der Waals surface area contributed by atoms with Crippen LogP contribution in [0.4, 0.5) is 0 Å². The monoisotopic (exact) mass is 274 g/mol. The van der Waals surface area contributed by atoms with Crippen molar-refractivity contribution in [2.45, 2.75) is 25.7 Å². The van der Waals surface area contributed by atoms with E-state index in [0.717, 1.165) is 11.1 Å². The van der Waals surface area contributed by atoms with Crippen molar-refractivity contribution in [2.75, 3.05) is 13.2 Å². The van der Waals surface area contributed by atoms with E-state index >= 15 is 0 Å². The van der Waals surface area contributed by atoms with Crippen LogP contribution in [0, 0.1) is 6.92 Å². The maximum Gasteiger partial charge on any atom is 0.225 e. The molecule has 1 aromatic carbocycles. The molecule has 0 aliphatic carbocycles. The lowest BCUT2D eigenvalue weighted by Gasteiger charge is -2.19. The molecule has 106 valence electrons. The lowest BCUT2D eigenvalue weighted by Crippen LogP contribution is -2.21. The Bertz CT molecular complexity index is 596. The van der Waals surface area contributed by atoms with Crippen LogP contribution in [0.5, 0.6) is 0 Å². The molecule has 1 aromatic heterocycles. The smallest absolute Gasteiger partial charge is 0.225 e. The van der Waals surface area contributed by atoms with Gasteiger partial charge in [0.15, 0.2) is 5.76 Å². The molecule has 2 aromatic rings. The fraction of sp³-hybridized carbons (Fsp3) is 0.375. The Morgan fingerprint density at radius 1 is 1.10 bits per heavy atom. The van der Waals surface area contributed by atoms with Gasteiger partial charge in [0, 0.05) is 0 Å². The molecule has 4 heteroatoms. The standard InChI is InChI=1S/C16H18O4/c1-11-5-3-4-6-12(11)15(17)13-7-8-14(20-13)16(2)18-9-10-19-16/h3-8,15,17H,9-10H2,1-2H3. The molecule has 2 heterocycles. The maximum absolute atomic E-state index is 10.4. The van der Waals surface area contributed by atoms with Crippen LogP contribution in [-0.2, 0) is 15.3 Å². The summed E-state index contributed by atoms with van der Waals surface area (Å²) in [5.74, 6) is 0.233. The van der Waals surface area contributed by atoms with Crippen molar-refractivity contribution in [1.29, 1.82) is 0 Å². The molecule has 1 atom stereocenters. The second-order valence-corrected chi connectivity index (χ2v) is 5.10. The molecule has 3 rings (SSSR count). The summed E-state index contributed by atoms with van der Waals surface area (Å²) in [5.41, 5.74) is 1.87. The molecular formula is C16H18O4. The number of aryl methyl sites for hydroxylation is 1. The van der Waals surface area contributed by atoms with Gasteiger partial charge < -0.3 is 19.0 Å². The SMILES string of the molecule is Cc1ccccc1C(O)c1ccc(C2(C)OCCO2)o1. The van der Waals surface area contributed by atoms with Gasteiger partial charge in [0.25, 0.3) is 0 Å². The highest BCUT2D eigenvalue weighted by Crippen LogP contribution is 2.34. The van der Waals surface area contributed by atoms with Gasteiger partial charge in [0.1, 0.15) is 11.9 Å². The van der Waals surface area contributed by atoms with Crippen molar-refractivity contribution in [1.82, 2.24) is 0 Å². The van der Waals surface area contributed by atoms with Crippen LogP contribution in [-0.4, -0.2) is 18.3 Å². The highest BCUT2D eigenvalue weighted by Gasteiger charge is 2.37. The molecule has 20 heavy (non-hydrogen) atoms. The van der Waals surface area contributed by atoms with Gasteiger partial charge in [-0.25, -0.2) is 0 Å². The van der Waals surface area contributed by atoms with E-state index in [1.165, 1.54) is 0 Å². The molecule has 4 nitrogen and oxygen atoms in total. The Balaban J connectivity index is 1.88. The topological polar surface area (TPSA) is 51.8 Å². The van der Waals surface area contributed by atoms with Crippen molar-refractivity contribution in [3.63, 3.8) is 0 Å². The Morgan fingerprint density at radius 2 is 1.80 bits per heavy atom. The van der Waals surface area contributed by atoms with E-state index in [1.807, 2.05) is 38.1 Å². The first-order valence-corrected chi connectivity index (χ1v) is 6.72. The third kappa shape index (κ3) is 2.26. The molecule has 0 radical (unpaired) electrons. The number of hydrogen-bond donors (Lipinski definition) is 1. The summed E-state index contributed by atoms with van der Waals surface area (Å²) in [6.45, 7) is 4.88. The minimum absolute atomic E-state index is 0.495. The van der Waals surface area contributed by atoms with E-state index in [2.05, 4.69) is 0 Å². The maximum atomic E-state index is 10.4. The molecule has 1 saturated heterocycles. The van der Waals surface area contributed by atoms with Gasteiger partial charge in [-0.15, -0.1) is 0 Å². The lowest BCUT2D eigenvalue weighted by molar-refractivity contribution is -0.163. The molecule has 1 fully saturated rings. The van der Waals surface area contributed by atoms with E-state index in [9.17, 15) is 5.11 Å². The normalized spacial score (nSPS) is 19.1. The van der Waals surface area contributed by atoms with Gasteiger partial charge in [0.2, 0.25) is 5.79 Å². The minimum atomic E-state index is -0.844. The Morgan fingerprint density at radius 3 is 2.50 bits per heavy atom.